The molecule has 194 valence electrons. The predicted molar refractivity (Wildman–Crippen MR) is 148 cm³/mol. The Morgan fingerprint density at radius 3 is 2.63 bits per heavy atom. The average Bonchev–Trinajstić information content (AvgIpc) is 3.13. The first-order valence-electron chi connectivity index (χ1n) is 13.2. The minimum absolute atomic E-state index is 0.121. The van der Waals surface area contributed by atoms with E-state index in [2.05, 4.69) is 81.2 Å². The number of likely N-dealkylation sites (tertiary alicyclic amines) is 1. The topological polar surface area (TPSA) is 82.6 Å². The molecular formula is C30H47N3O2. The number of hydrogen-bond acceptors (Lipinski definition) is 5. The van der Waals surface area contributed by atoms with Gasteiger partial charge in [-0.15, -0.1) is 0 Å². The molecular weight excluding hydrogens is 434 g/mol. The highest BCUT2D eigenvalue weighted by atomic mass is 16.5. The first kappa shape index (κ1) is 28.7. The molecule has 0 aromatic heterocycles. The number of nitrogens with one attached hydrogen (secondary N) is 1. The van der Waals surface area contributed by atoms with Crippen LogP contribution in [0.5, 0.6) is 0 Å². The molecule has 35 heavy (non-hydrogen) atoms. The van der Waals surface area contributed by atoms with Crippen molar-refractivity contribution in [3.05, 3.63) is 71.8 Å². The molecule has 4 unspecified atom stereocenters. The van der Waals surface area contributed by atoms with Gasteiger partial charge in [0.1, 0.15) is 6.73 Å². The van der Waals surface area contributed by atoms with Crippen LogP contribution in [0.25, 0.3) is 0 Å². The molecule has 0 bridgehead atoms. The fourth-order valence-corrected chi connectivity index (χ4v) is 5.69. The number of hydrogen-bond donors (Lipinski definition) is 3. The molecule has 3 aliphatic rings. The molecule has 0 aromatic rings. The molecule has 0 spiro atoms. The average molecular weight is 482 g/mol. The maximum Gasteiger partial charge on any atom is 0.185 e. The second kappa shape index (κ2) is 14.1. The van der Waals surface area contributed by atoms with E-state index in [4.69, 9.17) is 15.9 Å². The summed E-state index contributed by atoms with van der Waals surface area (Å²) in [5.41, 5.74) is 8.15. The summed E-state index contributed by atoms with van der Waals surface area (Å²) in [6.07, 6.45) is 26.0. The van der Waals surface area contributed by atoms with Crippen LogP contribution >= 0.6 is 0 Å². The zero-order chi connectivity index (χ0) is 25.8. The lowest BCUT2D eigenvalue weighted by molar-refractivity contribution is 0.263. The smallest absolute Gasteiger partial charge is 0.185 e. The lowest BCUT2D eigenvalue weighted by Gasteiger charge is -2.31. The molecule has 1 aliphatic heterocycles. The van der Waals surface area contributed by atoms with Crippen molar-refractivity contribution < 1.29 is 9.84 Å². The third kappa shape index (κ3) is 7.99. The number of allylic oxidation sites excluding steroid dienone is 12. The van der Waals surface area contributed by atoms with Gasteiger partial charge in [-0.05, 0) is 83.3 Å². The molecule has 1 fully saturated rings. The van der Waals surface area contributed by atoms with Gasteiger partial charge in [-0.25, -0.2) is 0 Å². The highest BCUT2D eigenvalue weighted by Crippen LogP contribution is 2.50. The number of nitrogens with zero attached hydrogens (tertiary/aromatic N) is 1. The number of aliphatic hydroxyl groups excluding tert-OH is 1. The second-order valence-corrected chi connectivity index (χ2v) is 9.99. The Hall–Kier alpha value is -2.53. The first-order valence-corrected chi connectivity index (χ1v) is 13.2. The summed E-state index contributed by atoms with van der Waals surface area (Å²) in [6.45, 7) is 11.7. The van der Waals surface area contributed by atoms with Gasteiger partial charge in [0.15, 0.2) is 5.90 Å². The van der Waals surface area contributed by atoms with Crippen LogP contribution in [0, 0.1) is 28.6 Å². The van der Waals surface area contributed by atoms with Crippen LogP contribution in [-0.2, 0) is 4.74 Å². The zero-order valence-electron chi connectivity index (χ0n) is 22.5. The summed E-state index contributed by atoms with van der Waals surface area (Å²) in [5, 5.41) is 17.1. The van der Waals surface area contributed by atoms with E-state index in [1.165, 1.54) is 17.8 Å². The van der Waals surface area contributed by atoms with Crippen molar-refractivity contribution in [2.75, 3.05) is 13.3 Å². The van der Waals surface area contributed by atoms with Gasteiger partial charge in [-0.1, -0.05) is 56.4 Å². The zero-order valence-corrected chi connectivity index (χ0v) is 22.5. The molecule has 0 radical (unpaired) electrons. The SMILES string of the molecule is C/C=C1\N(CC)/C(=C/C=C(\C)O)CC1(C)CC1C=CC=CC1.CCC1C=CCCC1C(=N)OCN. The highest BCUT2D eigenvalue weighted by Gasteiger charge is 2.41. The molecule has 1 heterocycles. The third-order valence-corrected chi connectivity index (χ3v) is 7.31. The van der Waals surface area contributed by atoms with Gasteiger partial charge in [-0.2, -0.15) is 0 Å². The standard InChI is InChI=1S/C20H29NO.C10H18N2O/c1-5-19-20(4,14-17-10-8-7-9-11-17)15-18(21(19)6-2)13-12-16(3)22;1-2-8-5-3-4-6-9(8)10(12)13-7-11/h5,7-10,12-13,17,22H,6,11,14-15H2,1-4H3;3,5,8-9,12H,2,4,6-7,11H2,1H3/b16-12+,18-13+,19-5-;. The Morgan fingerprint density at radius 1 is 1.29 bits per heavy atom. The third-order valence-electron chi connectivity index (χ3n) is 7.31. The highest BCUT2D eigenvalue weighted by molar-refractivity contribution is 5.76. The van der Waals surface area contributed by atoms with Crippen molar-refractivity contribution in [1.29, 1.82) is 5.41 Å². The van der Waals surface area contributed by atoms with Crippen LogP contribution in [-0.4, -0.2) is 29.2 Å². The van der Waals surface area contributed by atoms with Crippen LogP contribution in [0.2, 0.25) is 0 Å². The molecule has 2 aliphatic carbocycles. The summed E-state index contributed by atoms with van der Waals surface area (Å²) in [7, 11) is 0. The van der Waals surface area contributed by atoms with Gasteiger partial charge >= 0.3 is 0 Å². The first-order chi connectivity index (χ1) is 16.8. The summed E-state index contributed by atoms with van der Waals surface area (Å²) in [4.78, 5) is 2.40. The molecule has 4 N–H and O–H groups in total. The lowest BCUT2D eigenvalue weighted by atomic mass is 9.75. The quantitative estimate of drug-likeness (QED) is 0.116. The second-order valence-electron chi connectivity index (χ2n) is 9.99. The van der Waals surface area contributed by atoms with E-state index in [1.54, 1.807) is 13.0 Å². The van der Waals surface area contributed by atoms with Gasteiger partial charge in [0.05, 0.1) is 5.76 Å². The number of nitrogens with two attached hydrogens (primary N) is 1. The Bertz CT molecular complexity index is 876. The van der Waals surface area contributed by atoms with E-state index in [0.29, 0.717) is 23.5 Å². The van der Waals surface area contributed by atoms with Gasteiger partial charge in [-0.3, -0.25) is 11.1 Å². The Morgan fingerprint density at radius 2 is 2.06 bits per heavy atom. The van der Waals surface area contributed by atoms with Gasteiger partial charge in [0, 0.05) is 29.3 Å². The van der Waals surface area contributed by atoms with Crippen molar-refractivity contribution in [2.24, 2.45) is 28.9 Å². The van der Waals surface area contributed by atoms with Crippen molar-refractivity contribution >= 4 is 5.90 Å². The molecule has 4 atom stereocenters. The van der Waals surface area contributed by atoms with Crippen LogP contribution in [0.3, 0.4) is 0 Å². The monoisotopic (exact) mass is 481 g/mol. The van der Waals surface area contributed by atoms with E-state index < -0.39 is 0 Å². The number of aliphatic hydroxyl groups is 1. The van der Waals surface area contributed by atoms with Gasteiger partial charge in [0.2, 0.25) is 0 Å². The van der Waals surface area contributed by atoms with E-state index in [1.807, 2.05) is 0 Å². The fraction of sp³-hybridized carbons (Fsp3) is 0.567. The van der Waals surface area contributed by atoms with Gasteiger partial charge < -0.3 is 14.7 Å². The van der Waals surface area contributed by atoms with E-state index >= 15 is 0 Å². The van der Waals surface area contributed by atoms with Crippen molar-refractivity contribution in [3.63, 3.8) is 0 Å². The van der Waals surface area contributed by atoms with Crippen LogP contribution in [0.1, 0.15) is 73.1 Å². The minimum atomic E-state index is 0.121. The molecule has 5 heteroatoms. The molecule has 0 aromatic carbocycles. The summed E-state index contributed by atoms with van der Waals surface area (Å²) >= 11 is 0. The predicted octanol–water partition coefficient (Wildman–Crippen LogP) is 7.38. The van der Waals surface area contributed by atoms with Crippen molar-refractivity contribution in [3.8, 4) is 0 Å². The lowest BCUT2D eigenvalue weighted by Crippen LogP contribution is -2.27. The molecule has 0 saturated carbocycles. The molecule has 0 amide bonds. The van der Waals surface area contributed by atoms with Crippen molar-refractivity contribution in [2.45, 2.75) is 73.1 Å². The van der Waals surface area contributed by atoms with Crippen molar-refractivity contribution in [1.82, 2.24) is 4.90 Å². The van der Waals surface area contributed by atoms with Crippen LogP contribution < -0.4 is 5.73 Å². The molecule has 1 saturated heterocycles. The Labute approximate surface area is 213 Å². The van der Waals surface area contributed by atoms with Crippen LogP contribution in [0.4, 0.5) is 0 Å². The Balaban J connectivity index is 0.000000283. The maximum atomic E-state index is 9.45. The molecule has 3 rings (SSSR count). The minimum Gasteiger partial charge on any atom is -0.513 e. The Kier molecular flexibility index (Phi) is 11.6. The van der Waals surface area contributed by atoms with Gasteiger partial charge in [0.25, 0.3) is 0 Å². The van der Waals surface area contributed by atoms with E-state index in [0.717, 1.165) is 38.6 Å². The fourth-order valence-electron chi connectivity index (χ4n) is 5.69. The number of ether oxygens (including phenoxy) is 1. The summed E-state index contributed by atoms with van der Waals surface area (Å²) in [5.74, 6) is 2.06. The number of rotatable bonds is 7. The summed E-state index contributed by atoms with van der Waals surface area (Å²) < 4.78 is 5.04. The van der Waals surface area contributed by atoms with E-state index in [9.17, 15) is 5.11 Å². The van der Waals surface area contributed by atoms with E-state index in [-0.39, 0.29) is 18.1 Å². The van der Waals surface area contributed by atoms with Crippen LogP contribution in [0.15, 0.2) is 71.8 Å². The summed E-state index contributed by atoms with van der Waals surface area (Å²) in [6, 6.07) is 0. The molecule has 5 nitrogen and oxygen atoms in total. The maximum absolute atomic E-state index is 9.45. The normalized spacial score (nSPS) is 30.5. The largest absolute Gasteiger partial charge is 0.513 e.